The van der Waals surface area contributed by atoms with Crippen LogP contribution in [0.3, 0.4) is 0 Å². The van der Waals surface area contributed by atoms with Crippen LogP contribution >= 0.6 is 0 Å². The van der Waals surface area contributed by atoms with Crippen LogP contribution in [0.25, 0.3) is 0 Å². The molecule has 0 bridgehead atoms. The van der Waals surface area contributed by atoms with Gasteiger partial charge in [-0.05, 0) is 24.5 Å². The minimum Gasteiger partial charge on any atom is -0.261 e. The van der Waals surface area contributed by atoms with Gasteiger partial charge < -0.3 is 0 Å². The lowest BCUT2D eigenvalue weighted by Gasteiger charge is -2.10. The van der Waals surface area contributed by atoms with Gasteiger partial charge in [0, 0.05) is 24.5 Å². The maximum atomic E-state index is 4.31. The van der Waals surface area contributed by atoms with Crippen molar-refractivity contribution in [2.75, 3.05) is 0 Å². The van der Waals surface area contributed by atoms with Crippen molar-refractivity contribution in [3.05, 3.63) is 47.8 Å². The number of nitrogens with zero attached hydrogens (tertiary/aromatic N) is 4. The molecule has 0 saturated carbocycles. The van der Waals surface area contributed by atoms with Crippen LogP contribution in [0.15, 0.2) is 30.7 Å². The second kappa shape index (κ2) is 5.67. The third-order valence-electron chi connectivity index (χ3n) is 2.94. The number of hydrogen-bond donors (Lipinski definition) is 0. The van der Waals surface area contributed by atoms with E-state index in [1.807, 2.05) is 0 Å². The predicted octanol–water partition coefficient (Wildman–Crippen LogP) is 2.74. The summed E-state index contributed by atoms with van der Waals surface area (Å²) in [4.78, 5) is 8.40. The fourth-order valence-electron chi connectivity index (χ4n) is 1.77. The molecular formula is C14H18N4. The Balaban J connectivity index is 2.05. The molecule has 2 aromatic heterocycles. The summed E-state index contributed by atoms with van der Waals surface area (Å²) in [5.74, 6) is 0.724. The largest absolute Gasteiger partial charge is 0.261 e. The molecule has 4 nitrogen and oxygen atoms in total. The Morgan fingerprint density at radius 2 is 1.83 bits per heavy atom. The number of aromatic nitrogens is 4. The lowest BCUT2D eigenvalue weighted by atomic mass is 10.0. The third-order valence-corrected chi connectivity index (χ3v) is 2.94. The molecule has 0 saturated heterocycles. The molecule has 2 rings (SSSR count). The van der Waals surface area contributed by atoms with E-state index < -0.39 is 0 Å². The first-order chi connectivity index (χ1) is 8.66. The van der Waals surface area contributed by atoms with Crippen LogP contribution in [0.1, 0.15) is 49.7 Å². The molecule has 18 heavy (non-hydrogen) atoms. The molecule has 0 aliphatic rings. The van der Waals surface area contributed by atoms with Crippen molar-refractivity contribution in [3.8, 4) is 0 Å². The van der Waals surface area contributed by atoms with Crippen molar-refractivity contribution >= 4 is 0 Å². The molecule has 0 radical (unpaired) electrons. The summed E-state index contributed by atoms with van der Waals surface area (Å²) in [6, 6.07) is 4.10. The highest BCUT2D eigenvalue weighted by Crippen LogP contribution is 2.17. The van der Waals surface area contributed by atoms with E-state index >= 15 is 0 Å². The second-order valence-corrected chi connectivity index (χ2v) is 4.84. The van der Waals surface area contributed by atoms with Gasteiger partial charge in [0.25, 0.3) is 0 Å². The van der Waals surface area contributed by atoms with Gasteiger partial charge in [-0.3, -0.25) is 9.97 Å². The van der Waals surface area contributed by atoms with Gasteiger partial charge in [0.1, 0.15) is 0 Å². The first-order valence-electron chi connectivity index (χ1n) is 6.25. The van der Waals surface area contributed by atoms with Crippen LogP contribution in [0.2, 0.25) is 0 Å². The lowest BCUT2D eigenvalue weighted by Crippen LogP contribution is -2.05. The maximum Gasteiger partial charge on any atom is 0.0656 e. The van der Waals surface area contributed by atoms with Gasteiger partial charge in [0.2, 0.25) is 0 Å². The maximum absolute atomic E-state index is 4.31. The quantitative estimate of drug-likeness (QED) is 0.827. The Hall–Kier alpha value is -1.84. The van der Waals surface area contributed by atoms with E-state index in [0.717, 1.165) is 23.5 Å². The van der Waals surface area contributed by atoms with Crippen LogP contribution in [0, 0.1) is 0 Å². The Labute approximate surface area is 108 Å². The van der Waals surface area contributed by atoms with E-state index in [0.29, 0.717) is 11.8 Å². The monoisotopic (exact) mass is 242 g/mol. The molecule has 0 fully saturated rings. The third kappa shape index (κ3) is 3.09. The Bertz CT molecular complexity index is 479. The molecule has 0 N–H and O–H groups in total. The van der Waals surface area contributed by atoms with E-state index in [1.54, 1.807) is 18.6 Å². The number of rotatable bonds is 4. The van der Waals surface area contributed by atoms with Gasteiger partial charge in [-0.15, -0.1) is 0 Å². The van der Waals surface area contributed by atoms with Crippen molar-refractivity contribution in [2.24, 2.45) is 0 Å². The fourth-order valence-corrected chi connectivity index (χ4v) is 1.77. The van der Waals surface area contributed by atoms with Crippen LogP contribution in [-0.4, -0.2) is 20.2 Å². The van der Waals surface area contributed by atoms with Gasteiger partial charge in [0.05, 0.1) is 17.1 Å². The van der Waals surface area contributed by atoms with Crippen molar-refractivity contribution in [3.63, 3.8) is 0 Å². The minimum atomic E-state index is 0.304. The average Bonchev–Trinajstić information content (AvgIpc) is 2.40. The predicted molar refractivity (Wildman–Crippen MR) is 70.3 cm³/mol. The molecule has 1 unspecified atom stereocenters. The highest BCUT2D eigenvalue weighted by molar-refractivity contribution is 5.13. The normalized spacial score (nSPS) is 12.7. The van der Waals surface area contributed by atoms with Crippen LogP contribution < -0.4 is 0 Å². The van der Waals surface area contributed by atoms with Crippen molar-refractivity contribution < 1.29 is 0 Å². The van der Waals surface area contributed by atoms with E-state index in [9.17, 15) is 0 Å². The smallest absolute Gasteiger partial charge is 0.0656 e. The Kier molecular flexibility index (Phi) is 3.97. The molecule has 4 heteroatoms. The summed E-state index contributed by atoms with van der Waals surface area (Å²) >= 11 is 0. The standard InChI is InChI=1S/C14H18N4/c1-10(2)13-5-4-12(17-18-13)8-11(3)14-9-15-6-7-16-14/h4-7,9-11H,8H2,1-3H3. The van der Waals surface area contributed by atoms with Crippen LogP contribution in [-0.2, 0) is 6.42 Å². The average molecular weight is 242 g/mol. The van der Waals surface area contributed by atoms with Gasteiger partial charge in [-0.25, -0.2) is 0 Å². The summed E-state index contributed by atoms with van der Waals surface area (Å²) < 4.78 is 0. The summed E-state index contributed by atoms with van der Waals surface area (Å²) in [5, 5.41) is 8.51. The molecule has 0 spiro atoms. The fraction of sp³-hybridized carbons (Fsp3) is 0.429. The van der Waals surface area contributed by atoms with Crippen LogP contribution in [0.5, 0.6) is 0 Å². The number of hydrogen-bond acceptors (Lipinski definition) is 4. The van der Waals surface area contributed by atoms with E-state index in [4.69, 9.17) is 0 Å². The first kappa shape index (κ1) is 12.6. The first-order valence-corrected chi connectivity index (χ1v) is 6.25. The Morgan fingerprint density at radius 1 is 1.00 bits per heavy atom. The van der Waals surface area contributed by atoms with E-state index in [-0.39, 0.29) is 0 Å². The van der Waals surface area contributed by atoms with Crippen molar-refractivity contribution in [1.82, 2.24) is 20.2 Å². The summed E-state index contributed by atoms with van der Waals surface area (Å²) in [6.07, 6.45) is 6.05. The Morgan fingerprint density at radius 3 is 2.39 bits per heavy atom. The molecule has 0 aliphatic heterocycles. The zero-order valence-corrected chi connectivity index (χ0v) is 11.0. The second-order valence-electron chi connectivity index (χ2n) is 4.84. The minimum absolute atomic E-state index is 0.304. The summed E-state index contributed by atoms with van der Waals surface area (Å²) in [6.45, 7) is 6.36. The zero-order valence-electron chi connectivity index (χ0n) is 11.0. The molecule has 2 aromatic rings. The van der Waals surface area contributed by atoms with Gasteiger partial charge in [-0.2, -0.15) is 10.2 Å². The van der Waals surface area contributed by atoms with Gasteiger partial charge >= 0.3 is 0 Å². The molecule has 94 valence electrons. The van der Waals surface area contributed by atoms with E-state index in [2.05, 4.69) is 53.1 Å². The van der Waals surface area contributed by atoms with Crippen LogP contribution in [0.4, 0.5) is 0 Å². The highest BCUT2D eigenvalue weighted by Gasteiger charge is 2.10. The molecule has 0 aromatic carbocycles. The molecule has 2 heterocycles. The lowest BCUT2D eigenvalue weighted by molar-refractivity contribution is 0.687. The van der Waals surface area contributed by atoms with E-state index in [1.165, 1.54) is 0 Å². The SMILES string of the molecule is CC(C)c1ccc(CC(C)c2cnccn2)nn1. The van der Waals surface area contributed by atoms with Crippen molar-refractivity contribution in [1.29, 1.82) is 0 Å². The van der Waals surface area contributed by atoms with Gasteiger partial charge in [0.15, 0.2) is 0 Å². The molecule has 1 atom stereocenters. The summed E-state index contributed by atoms with van der Waals surface area (Å²) in [5.41, 5.74) is 3.02. The molecule has 0 aliphatic carbocycles. The highest BCUT2D eigenvalue weighted by atomic mass is 15.1. The van der Waals surface area contributed by atoms with Crippen molar-refractivity contribution in [2.45, 2.75) is 39.0 Å². The summed E-state index contributed by atoms with van der Waals surface area (Å²) in [7, 11) is 0. The topological polar surface area (TPSA) is 51.6 Å². The zero-order chi connectivity index (χ0) is 13.0. The molecular weight excluding hydrogens is 224 g/mol. The van der Waals surface area contributed by atoms with Gasteiger partial charge in [-0.1, -0.05) is 20.8 Å². The molecule has 0 amide bonds.